The van der Waals surface area contributed by atoms with Crippen LogP contribution in [-0.2, 0) is 4.79 Å². The summed E-state index contributed by atoms with van der Waals surface area (Å²) in [5.41, 5.74) is 0.976. The Balaban J connectivity index is 2.41. The number of hydrogen-bond acceptors (Lipinski definition) is 1. The molecule has 1 amide bonds. The minimum Gasteiger partial charge on any atom is -0.226 e. The fourth-order valence-corrected chi connectivity index (χ4v) is 2.01. The summed E-state index contributed by atoms with van der Waals surface area (Å²) >= 11 is 5.87. The van der Waals surface area contributed by atoms with Crippen LogP contribution in [-0.4, -0.2) is 19.5 Å². The summed E-state index contributed by atoms with van der Waals surface area (Å²) in [5, 5.41) is 0.626. The third-order valence-corrected chi connectivity index (χ3v) is 2.79. The van der Waals surface area contributed by atoms with Gasteiger partial charge < -0.3 is 0 Å². The van der Waals surface area contributed by atoms with Gasteiger partial charge in [0.25, 0.3) is 0 Å². The first-order chi connectivity index (χ1) is 6.63. The Hall–Kier alpha value is -1.12. The first-order valence-electron chi connectivity index (χ1n) is 4.45. The van der Waals surface area contributed by atoms with Gasteiger partial charge in [0.15, 0.2) is 0 Å². The monoisotopic (exact) mass is 208 g/mol. The summed E-state index contributed by atoms with van der Waals surface area (Å²) < 4.78 is 0.250. The second kappa shape index (κ2) is 3.23. The molecule has 1 aliphatic rings. The standard InChI is InChI=1S/C11H11ClNO/c1-13(8-9(12)7-11(13)14)10-5-3-2-4-6-10/h2-7H,8H2,1H3/q+1. The van der Waals surface area contributed by atoms with Crippen LogP contribution in [0.5, 0.6) is 0 Å². The average Bonchev–Trinajstić information content (AvgIpc) is 2.43. The highest BCUT2D eigenvalue weighted by molar-refractivity contribution is 6.33. The van der Waals surface area contributed by atoms with E-state index in [1.54, 1.807) is 0 Å². The number of likely N-dealkylation sites (N-methyl/N-ethyl adjacent to an activating group) is 1. The highest BCUT2D eigenvalue weighted by Crippen LogP contribution is 2.28. The molecule has 0 spiro atoms. The van der Waals surface area contributed by atoms with Crippen molar-refractivity contribution in [3.8, 4) is 0 Å². The van der Waals surface area contributed by atoms with Crippen LogP contribution >= 0.6 is 11.6 Å². The van der Waals surface area contributed by atoms with Gasteiger partial charge >= 0.3 is 5.91 Å². The van der Waals surface area contributed by atoms with Crippen molar-refractivity contribution in [2.75, 3.05) is 13.6 Å². The van der Waals surface area contributed by atoms with E-state index >= 15 is 0 Å². The van der Waals surface area contributed by atoms with Gasteiger partial charge in [0.05, 0.1) is 18.2 Å². The van der Waals surface area contributed by atoms with Gasteiger partial charge in [0.2, 0.25) is 0 Å². The Morgan fingerprint density at radius 2 is 1.93 bits per heavy atom. The maximum Gasteiger partial charge on any atom is 0.345 e. The number of para-hydroxylation sites is 1. The Morgan fingerprint density at radius 3 is 2.43 bits per heavy atom. The number of benzene rings is 1. The van der Waals surface area contributed by atoms with Crippen molar-refractivity contribution in [1.29, 1.82) is 0 Å². The van der Waals surface area contributed by atoms with Gasteiger partial charge in [-0.1, -0.05) is 29.8 Å². The fourth-order valence-electron chi connectivity index (χ4n) is 1.68. The molecule has 3 heteroatoms. The average molecular weight is 209 g/mol. The zero-order chi connectivity index (χ0) is 10.2. The van der Waals surface area contributed by atoms with Crippen LogP contribution in [0, 0.1) is 0 Å². The SMILES string of the molecule is C[N+]1(c2ccccc2)CC(Cl)=CC1=O. The summed E-state index contributed by atoms with van der Waals surface area (Å²) in [5.74, 6) is 0.0428. The summed E-state index contributed by atoms with van der Waals surface area (Å²) in [4.78, 5) is 11.7. The number of nitrogens with zero attached hydrogens (tertiary/aromatic N) is 1. The van der Waals surface area contributed by atoms with E-state index in [1.165, 1.54) is 6.08 Å². The maximum atomic E-state index is 11.7. The van der Waals surface area contributed by atoms with Gasteiger partial charge in [-0.3, -0.25) is 0 Å². The van der Waals surface area contributed by atoms with E-state index in [2.05, 4.69) is 0 Å². The van der Waals surface area contributed by atoms with E-state index in [0.717, 1.165) is 5.69 Å². The molecule has 2 rings (SSSR count). The lowest BCUT2D eigenvalue weighted by atomic mass is 10.2. The third kappa shape index (κ3) is 1.37. The van der Waals surface area contributed by atoms with E-state index in [4.69, 9.17) is 11.6 Å². The minimum atomic E-state index is 0.0428. The quantitative estimate of drug-likeness (QED) is 0.648. The van der Waals surface area contributed by atoms with Crippen molar-refractivity contribution in [1.82, 2.24) is 4.48 Å². The minimum absolute atomic E-state index is 0.0428. The normalized spacial score (nSPS) is 26.4. The molecule has 0 aromatic heterocycles. The number of amides is 1. The Bertz CT molecular complexity index is 399. The number of rotatable bonds is 1. The molecule has 72 valence electrons. The molecule has 0 fully saturated rings. The summed E-state index contributed by atoms with van der Waals surface area (Å²) in [6, 6.07) is 9.68. The highest BCUT2D eigenvalue weighted by Gasteiger charge is 2.38. The molecular weight excluding hydrogens is 198 g/mol. The van der Waals surface area contributed by atoms with Crippen molar-refractivity contribution in [2.24, 2.45) is 0 Å². The van der Waals surface area contributed by atoms with E-state index in [0.29, 0.717) is 11.6 Å². The van der Waals surface area contributed by atoms with Crippen LogP contribution in [0.3, 0.4) is 0 Å². The number of hydrogen-bond donors (Lipinski definition) is 0. The van der Waals surface area contributed by atoms with Gasteiger partial charge in [-0.2, -0.15) is 0 Å². The van der Waals surface area contributed by atoms with Gasteiger partial charge in [-0.05, 0) is 12.1 Å². The Labute approximate surface area is 88.0 Å². The zero-order valence-corrected chi connectivity index (χ0v) is 8.66. The lowest BCUT2D eigenvalue weighted by molar-refractivity contribution is -0.122. The van der Waals surface area contributed by atoms with Crippen molar-refractivity contribution >= 4 is 23.2 Å². The predicted octanol–water partition coefficient (Wildman–Crippen LogP) is 2.29. The summed E-state index contributed by atoms with van der Waals surface area (Å²) in [6.07, 6.45) is 1.51. The number of quaternary nitrogens is 1. The van der Waals surface area contributed by atoms with E-state index < -0.39 is 0 Å². The molecule has 0 radical (unpaired) electrons. The van der Waals surface area contributed by atoms with E-state index in [1.807, 2.05) is 37.4 Å². The predicted molar refractivity (Wildman–Crippen MR) is 58.0 cm³/mol. The zero-order valence-electron chi connectivity index (χ0n) is 7.90. The van der Waals surface area contributed by atoms with Crippen molar-refractivity contribution < 1.29 is 4.79 Å². The van der Waals surface area contributed by atoms with E-state index in [9.17, 15) is 4.79 Å². The van der Waals surface area contributed by atoms with Gasteiger partial charge in [-0.25, -0.2) is 9.28 Å². The van der Waals surface area contributed by atoms with Crippen LogP contribution < -0.4 is 4.48 Å². The second-order valence-electron chi connectivity index (χ2n) is 3.61. The maximum absolute atomic E-state index is 11.7. The van der Waals surface area contributed by atoms with Gasteiger partial charge in [-0.15, -0.1) is 0 Å². The summed E-state index contributed by atoms with van der Waals surface area (Å²) in [7, 11) is 1.88. The molecule has 0 bridgehead atoms. The lowest BCUT2D eigenvalue weighted by Crippen LogP contribution is -2.46. The topological polar surface area (TPSA) is 17.1 Å². The van der Waals surface area contributed by atoms with Gasteiger partial charge in [0.1, 0.15) is 12.2 Å². The van der Waals surface area contributed by atoms with Crippen LogP contribution in [0.25, 0.3) is 0 Å². The number of carbonyl (C=O) groups is 1. The van der Waals surface area contributed by atoms with Crippen LogP contribution in [0.2, 0.25) is 0 Å². The molecule has 0 saturated heterocycles. The van der Waals surface area contributed by atoms with Crippen molar-refractivity contribution in [3.05, 3.63) is 41.4 Å². The second-order valence-corrected chi connectivity index (χ2v) is 4.10. The molecule has 2 nitrogen and oxygen atoms in total. The highest BCUT2D eigenvalue weighted by atomic mass is 35.5. The number of carbonyl (C=O) groups excluding carboxylic acids is 1. The molecule has 1 aliphatic heterocycles. The molecule has 1 atom stereocenters. The molecule has 0 saturated carbocycles. The Kier molecular flexibility index (Phi) is 2.17. The smallest absolute Gasteiger partial charge is 0.226 e. The summed E-state index contributed by atoms with van der Waals surface area (Å²) in [6.45, 7) is 0.560. The first kappa shape index (κ1) is 9.44. The molecule has 1 aromatic rings. The molecule has 0 aliphatic carbocycles. The lowest BCUT2D eigenvalue weighted by Gasteiger charge is -2.25. The largest absolute Gasteiger partial charge is 0.345 e. The molecule has 0 N–H and O–H groups in total. The van der Waals surface area contributed by atoms with Crippen molar-refractivity contribution in [3.63, 3.8) is 0 Å². The van der Waals surface area contributed by atoms with Crippen LogP contribution in [0.15, 0.2) is 41.4 Å². The van der Waals surface area contributed by atoms with Crippen LogP contribution in [0.1, 0.15) is 0 Å². The Morgan fingerprint density at radius 1 is 1.29 bits per heavy atom. The molecule has 14 heavy (non-hydrogen) atoms. The van der Waals surface area contributed by atoms with E-state index in [-0.39, 0.29) is 10.4 Å². The van der Waals surface area contributed by atoms with Gasteiger partial charge in [0, 0.05) is 0 Å². The molecular formula is C11H11ClNO+. The third-order valence-electron chi connectivity index (χ3n) is 2.56. The van der Waals surface area contributed by atoms with Crippen LogP contribution in [0.4, 0.5) is 5.69 Å². The first-order valence-corrected chi connectivity index (χ1v) is 4.82. The molecule has 1 unspecified atom stereocenters. The number of halogens is 1. The van der Waals surface area contributed by atoms with Crippen molar-refractivity contribution in [2.45, 2.75) is 0 Å². The fraction of sp³-hybridized carbons (Fsp3) is 0.182. The molecule has 1 aromatic carbocycles. The molecule has 1 heterocycles.